The van der Waals surface area contributed by atoms with Crippen LogP contribution in [-0.4, -0.2) is 63.2 Å². The molecular formula is C10H21N3. The minimum Gasteiger partial charge on any atom is -0.316 e. The van der Waals surface area contributed by atoms with E-state index < -0.39 is 0 Å². The number of rotatable bonds is 1. The van der Waals surface area contributed by atoms with E-state index in [4.69, 9.17) is 0 Å². The zero-order valence-corrected chi connectivity index (χ0v) is 8.95. The summed E-state index contributed by atoms with van der Waals surface area (Å²) in [5.74, 6) is 1.65. The Morgan fingerprint density at radius 1 is 1.15 bits per heavy atom. The zero-order chi connectivity index (χ0) is 9.42. The monoisotopic (exact) mass is 183 g/mol. The van der Waals surface area contributed by atoms with Crippen molar-refractivity contribution in [2.45, 2.75) is 6.04 Å². The maximum atomic E-state index is 3.54. The maximum Gasteiger partial charge on any atom is 0.0194 e. The molecule has 0 aromatic carbocycles. The Labute approximate surface area is 81.1 Å². The Hall–Kier alpha value is -0.120. The Kier molecular flexibility index (Phi) is 2.58. The molecule has 2 unspecified atom stereocenters. The van der Waals surface area contributed by atoms with E-state index in [2.05, 4.69) is 36.3 Å². The van der Waals surface area contributed by atoms with Gasteiger partial charge in [0.15, 0.2) is 0 Å². The van der Waals surface area contributed by atoms with Crippen molar-refractivity contribution in [3.8, 4) is 0 Å². The molecule has 2 atom stereocenters. The normalized spacial score (nSPS) is 41.1. The Morgan fingerprint density at radius 3 is 2.15 bits per heavy atom. The fourth-order valence-corrected chi connectivity index (χ4v) is 3.14. The average Bonchev–Trinajstić information content (AvgIpc) is 2.01. The molecular weight excluding hydrogens is 162 g/mol. The van der Waals surface area contributed by atoms with Crippen LogP contribution in [0.1, 0.15) is 0 Å². The average molecular weight is 183 g/mol. The number of hydrogen-bond acceptors (Lipinski definition) is 3. The van der Waals surface area contributed by atoms with E-state index in [1.165, 1.54) is 26.2 Å². The summed E-state index contributed by atoms with van der Waals surface area (Å²) >= 11 is 0. The largest absolute Gasteiger partial charge is 0.316 e. The molecule has 13 heavy (non-hydrogen) atoms. The molecule has 2 bridgehead atoms. The van der Waals surface area contributed by atoms with Crippen LogP contribution in [0.5, 0.6) is 0 Å². The minimum absolute atomic E-state index is 0.803. The molecule has 2 heterocycles. The van der Waals surface area contributed by atoms with Crippen molar-refractivity contribution in [2.24, 2.45) is 11.8 Å². The highest BCUT2D eigenvalue weighted by atomic mass is 15.2. The summed E-state index contributed by atoms with van der Waals surface area (Å²) in [6, 6.07) is 0.803. The van der Waals surface area contributed by atoms with Crippen LogP contribution in [0.4, 0.5) is 0 Å². The van der Waals surface area contributed by atoms with Crippen LogP contribution in [0.2, 0.25) is 0 Å². The molecule has 0 aromatic heterocycles. The first-order valence-corrected chi connectivity index (χ1v) is 5.24. The standard InChI is InChI=1S/C10H21N3/c1-12(2)10-8-4-11-5-9(10)7-13(3)6-8/h8-11H,4-7H2,1-3H3. The van der Waals surface area contributed by atoms with Gasteiger partial charge in [0.1, 0.15) is 0 Å². The van der Waals surface area contributed by atoms with Gasteiger partial charge in [-0.1, -0.05) is 0 Å². The summed E-state index contributed by atoms with van der Waals surface area (Å²) in [7, 11) is 6.69. The third-order valence-electron chi connectivity index (χ3n) is 3.47. The molecule has 0 saturated carbocycles. The predicted octanol–water partition coefficient (Wildman–Crippen LogP) is -0.302. The summed E-state index contributed by atoms with van der Waals surface area (Å²) in [6.07, 6.45) is 0. The molecule has 1 N–H and O–H groups in total. The van der Waals surface area contributed by atoms with E-state index in [9.17, 15) is 0 Å². The van der Waals surface area contributed by atoms with Gasteiger partial charge in [-0.05, 0) is 33.0 Å². The predicted molar refractivity (Wildman–Crippen MR) is 54.8 cm³/mol. The van der Waals surface area contributed by atoms with Crippen LogP contribution in [0.25, 0.3) is 0 Å². The second kappa shape index (κ2) is 3.56. The first-order valence-electron chi connectivity index (χ1n) is 5.24. The zero-order valence-electron chi connectivity index (χ0n) is 8.95. The minimum atomic E-state index is 0.803. The van der Waals surface area contributed by atoms with Gasteiger partial charge in [0, 0.05) is 32.2 Å². The third-order valence-corrected chi connectivity index (χ3v) is 3.47. The number of nitrogens with one attached hydrogen (secondary N) is 1. The lowest BCUT2D eigenvalue weighted by Gasteiger charge is -2.49. The van der Waals surface area contributed by atoms with Crippen molar-refractivity contribution >= 4 is 0 Å². The highest BCUT2D eigenvalue weighted by Gasteiger charge is 2.39. The van der Waals surface area contributed by atoms with Crippen molar-refractivity contribution in [1.82, 2.24) is 15.1 Å². The van der Waals surface area contributed by atoms with Crippen LogP contribution < -0.4 is 5.32 Å². The second-order valence-corrected chi connectivity index (χ2v) is 4.85. The molecule has 76 valence electrons. The van der Waals surface area contributed by atoms with Crippen molar-refractivity contribution in [3.63, 3.8) is 0 Å². The van der Waals surface area contributed by atoms with Gasteiger partial charge < -0.3 is 15.1 Å². The van der Waals surface area contributed by atoms with E-state index in [-0.39, 0.29) is 0 Å². The summed E-state index contributed by atoms with van der Waals surface area (Å²) in [4.78, 5) is 4.90. The second-order valence-electron chi connectivity index (χ2n) is 4.85. The van der Waals surface area contributed by atoms with Gasteiger partial charge in [-0.3, -0.25) is 0 Å². The van der Waals surface area contributed by atoms with Gasteiger partial charge in [0.2, 0.25) is 0 Å². The molecule has 2 saturated heterocycles. The van der Waals surface area contributed by atoms with Crippen LogP contribution in [0.15, 0.2) is 0 Å². The van der Waals surface area contributed by atoms with Gasteiger partial charge >= 0.3 is 0 Å². The number of hydrogen-bond donors (Lipinski definition) is 1. The van der Waals surface area contributed by atoms with E-state index >= 15 is 0 Å². The first kappa shape index (κ1) is 9.44. The molecule has 2 aliphatic heterocycles. The smallest absolute Gasteiger partial charge is 0.0194 e. The third kappa shape index (κ3) is 1.73. The van der Waals surface area contributed by atoms with Gasteiger partial charge in [0.25, 0.3) is 0 Å². The number of fused-ring (bicyclic) bond motifs is 2. The lowest BCUT2D eigenvalue weighted by atomic mass is 9.80. The molecule has 0 aliphatic carbocycles. The lowest BCUT2D eigenvalue weighted by molar-refractivity contribution is 0.0227. The quantitative estimate of drug-likeness (QED) is 0.602. The highest BCUT2D eigenvalue weighted by molar-refractivity contribution is 4.95. The number of likely N-dealkylation sites (tertiary alicyclic amines) is 1. The molecule has 3 nitrogen and oxygen atoms in total. The summed E-state index contributed by atoms with van der Waals surface area (Å²) in [5.41, 5.74) is 0. The van der Waals surface area contributed by atoms with E-state index in [1.54, 1.807) is 0 Å². The summed E-state index contributed by atoms with van der Waals surface area (Å²) in [5, 5.41) is 3.54. The highest BCUT2D eigenvalue weighted by Crippen LogP contribution is 2.27. The fourth-order valence-electron chi connectivity index (χ4n) is 3.14. The topological polar surface area (TPSA) is 18.5 Å². The molecule has 0 aromatic rings. The van der Waals surface area contributed by atoms with E-state index in [1.807, 2.05) is 0 Å². The number of piperidine rings is 2. The van der Waals surface area contributed by atoms with Crippen molar-refractivity contribution in [3.05, 3.63) is 0 Å². The lowest BCUT2D eigenvalue weighted by Crippen LogP contribution is -2.62. The molecule has 3 heteroatoms. The van der Waals surface area contributed by atoms with Gasteiger partial charge in [-0.2, -0.15) is 0 Å². The summed E-state index contributed by atoms with van der Waals surface area (Å²) < 4.78 is 0. The van der Waals surface area contributed by atoms with Gasteiger partial charge in [0.05, 0.1) is 0 Å². The van der Waals surface area contributed by atoms with Crippen LogP contribution in [0.3, 0.4) is 0 Å². The SMILES string of the molecule is CN1CC2CNCC(C1)C2N(C)C. The molecule has 0 radical (unpaired) electrons. The van der Waals surface area contributed by atoms with E-state index in [0.29, 0.717) is 0 Å². The Morgan fingerprint density at radius 2 is 1.69 bits per heavy atom. The van der Waals surface area contributed by atoms with Crippen molar-refractivity contribution in [1.29, 1.82) is 0 Å². The Balaban J connectivity index is 2.10. The summed E-state index contributed by atoms with van der Waals surface area (Å²) in [6.45, 7) is 4.91. The fraction of sp³-hybridized carbons (Fsp3) is 1.00. The molecule has 0 amide bonds. The molecule has 2 fully saturated rings. The van der Waals surface area contributed by atoms with Gasteiger partial charge in [-0.15, -0.1) is 0 Å². The first-order chi connectivity index (χ1) is 6.18. The van der Waals surface area contributed by atoms with Gasteiger partial charge in [-0.25, -0.2) is 0 Å². The van der Waals surface area contributed by atoms with Crippen molar-refractivity contribution in [2.75, 3.05) is 47.3 Å². The van der Waals surface area contributed by atoms with Crippen LogP contribution in [0, 0.1) is 11.8 Å². The molecule has 2 aliphatic rings. The Bertz CT molecular complexity index is 167. The maximum absolute atomic E-state index is 3.54. The van der Waals surface area contributed by atoms with Crippen molar-refractivity contribution < 1.29 is 0 Å². The van der Waals surface area contributed by atoms with Crippen LogP contribution in [-0.2, 0) is 0 Å². The molecule has 2 rings (SSSR count). The van der Waals surface area contributed by atoms with Crippen LogP contribution >= 0.6 is 0 Å². The van der Waals surface area contributed by atoms with E-state index in [0.717, 1.165) is 17.9 Å². The number of nitrogens with zero attached hydrogens (tertiary/aromatic N) is 2. The molecule has 0 spiro atoms.